The molecule has 1 aromatic heterocycles. The van der Waals surface area contributed by atoms with E-state index in [2.05, 4.69) is 52.0 Å². The quantitative estimate of drug-likeness (QED) is 0.789. The van der Waals surface area contributed by atoms with Crippen molar-refractivity contribution in [3.63, 3.8) is 0 Å². The Labute approximate surface area is 133 Å². The molecule has 1 aliphatic rings. The van der Waals surface area contributed by atoms with E-state index in [-0.39, 0.29) is 17.9 Å². The zero-order valence-electron chi connectivity index (χ0n) is 12.6. The van der Waals surface area contributed by atoms with Crippen LogP contribution in [-0.2, 0) is 0 Å². The molecule has 0 saturated carbocycles. The Kier molecular flexibility index (Phi) is 3.29. The van der Waals surface area contributed by atoms with Gasteiger partial charge >= 0.3 is 0 Å². The summed E-state index contributed by atoms with van der Waals surface area (Å²) in [4.78, 5) is 0. The van der Waals surface area contributed by atoms with Gasteiger partial charge in [-0.1, -0.05) is 47.1 Å². The minimum Gasteiger partial charge on any atom is -0.346 e. The molecule has 5 nitrogen and oxygen atoms in total. The lowest BCUT2D eigenvalue weighted by molar-refractivity contribution is 0.423. The number of anilines is 1. The van der Waals surface area contributed by atoms with Gasteiger partial charge in [-0.25, -0.2) is 9.07 Å². The molecule has 0 aliphatic carbocycles. The van der Waals surface area contributed by atoms with Crippen LogP contribution in [0, 0.1) is 12.7 Å². The Bertz CT molecular complexity index is 810. The molecule has 0 saturated heterocycles. The normalized spacial score (nSPS) is 19.9. The van der Waals surface area contributed by atoms with Crippen molar-refractivity contribution in [3.05, 3.63) is 71.0 Å². The van der Waals surface area contributed by atoms with Gasteiger partial charge in [-0.05, 0) is 47.0 Å². The maximum Gasteiger partial charge on any atom is 0.243 e. The molecule has 2 atom stereocenters. The second-order valence-electron chi connectivity index (χ2n) is 5.86. The summed E-state index contributed by atoms with van der Waals surface area (Å²) in [5.41, 5.74) is 3.42. The van der Waals surface area contributed by atoms with Crippen molar-refractivity contribution in [1.29, 1.82) is 0 Å². The van der Waals surface area contributed by atoms with Crippen molar-refractivity contribution < 1.29 is 4.39 Å². The van der Waals surface area contributed by atoms with Gasteiger partial charge < -0.3 is 5.32 Å². The molecule has 1 aliphatic heterocycles. The van der Waals surface area contributed by atoms with E-state index in [1.165, 1.54) is 23.3 Å². The summed E-state index contributed by atoms with van der Waals surface area (Å²) in [7, 11) is 0. The Morgan fingerprint density at radius 1 is 1.04 bits per heavy atom. The lowest BCUT2D eigenvalue weighted by Crippen LogP contribution is -2.28. The monoisotopic (exact) mass is 309 g/mol. The number of rotatable bonds is 2. The SMILES string of the molecule is Cc1ccc([C@H]2C[C@@H](c3ccc(F)cc3)n3nnnc3N2)cc1. The number of hydrogen-bond donors (Lipinski definition) is 1. The highest BCUT2D eigenvalue weighted by Crippen LogP contribution is 2.36. The van der Waals surface area contributed by atoms with E-state index in [9.17, 15) is 4.39 Å². The van der Waals surface area contributed by atoms with Crippen LogP contribution in [0.15, 0.2) is 48.5 Å². The molecule has 0 amide bonds. The molecule has 3 aromatic rings. The van der Waals surface area contributed by atoms with Crippen LogP contribution in [0.2, 0.25) is 0 Å². The molecule has 0 fully saturated rings. The summed E-state index contributed by atoms with van der Waals surface area (Å²) in [6.07, 6.45) is 0.798. The minimum absolute atomic E-state index is 0.0202. The zero-order valence-corrected chi connectivity index (χ0v) is 12.6. The predicted molar refractivity (Wildman–Crippen MR) is 84.5 cm³/mol. The number of nitrogens with one attached hydrogen (secondary N) is 1. The molecule has 0 spiro atoms. The average molecular weight is 309 g/mol. The Balaban J connectivity index is 1.71. The molecule has 0 unspecified atom stereocenters. The third kappa shape index (κ3) is 2.56. The number of nitrogens with zero attached hydrogens (tertiary/aromatic N) is 4. The van der Waals surface area contributed by atoms with Crippen molar-refractivity contribution >= 4 is 5.95 Å². The van der Waals surface area contributed by atoms with Crippen LogP contribution in [0.5, 0.6) is 0 Å². The number of benzene rings is 2. The molecular formula is C17H16FN5. The topological polar surface area (TPSA) is 55.6 Å². The number of fused-ring (bicyclic) bond motifs is 1. The van der Waals surface area contributed by atoms with Gasteiger partial charge in [0, 0.05) is 0 Å². The number of aromatic nitrogens is 4. The highest BCUT2D eigenvalue weighted by molar-refractivity contribution is 5.38. The van der Waals surface area contributed by atoms with Gasteiger partial charge in [0.05, 0.1) is 12.1 Å². The summed E-state index contributed by atoms with van der Waals surface area (Å²) < 4.78 is 15.0. The fourth-order valence-electron chi connectivity index (χ4n) is 3.02. The molecule has 116 valence electrons. The minimum atomic E-state index is -0.241. The Morgan fingerprint density at radius 2 is 1.74 bits per heavy atom. The van der Waals surface area contributed by atoms with Crippen molar-refractivity contribution in [3.8, 4) is 0 Å². The number of hydrogen-bond acceptors (Lipinski definition) is 4. The Hall–Kier alpha value is -2.76. The van der Waals surface area contributed by atoms with Gasteiger partial charge in [0.15, 0.2) is 0 Å². The summed E-state index contributed by atoms with van der Waals surface area (Å²) in [6, 6.07) is 15.1. The van der Waals surface area contributed by atoms with E-state index in [4.69, 9.17) is 0 Å². The standard InChI is InChI=1S/C17H16FN5/c1-11-2-4-12(5-3-11)15-10-16(13-6-8-14(18)9-7-13)23-17(19-15)20-21-22-23/h2-9,15-16H,10H2,1H3,(H,19,20,22)/t15-,16+/m1/s1. The molecule has 1 N–H and O–H groups in total. The molecule has 4 rings (SSSR count). The van der Waals surface area contributed by atoms with Crippen LogP contribution in [-0.4, -0.2) is 20.2 Å². The van der Waals surface area contributed by atoms with E-state index < -0.39 is 0 Å². The summed E-state index contributed by atoms with van der Waals surface area (Å²) >= 11 is 0. The molecule has 0 radical (unpaired) electrons. The first kappa shape index (κ1) is 13.9. The van der Waals surface area contributed by atoms with Gasteiger partial charge in [0.2, 0.25) is 5.95 Å². The van der Waals surface area contributed by atoms with Crippen LogP contribution in [0.1, 0.15) is 35.2 Å². The number of halogens is 1. The molecule has 2 aromatic carbocycles. The van der Waals surface area contributed by atoms with E-state index in [0.29, 0.717) is 5.95 Å². The maximum absolute atomic E-state index is 13.2. The summed E-state index contributed by atoms with van der Waals surface area (Å²) in [5.74, 6) is 0.394. The van der Waals surface area contributed by atoms with Gasteiger partial charge in [0.1, 0.15) is 5.82 Å². The predicted octanol–water partition coefficient (Wildman–Crippen LogP) is 3.27. The largest absolute Gasteiger partial charge is 0.346 e. The van der Waals surface area contributed by atoms with Crippen molar-refractivity contribution in [2.45, 2.75) is 25.4 Å². The highest BCUT2D eigenvalue weighted by Gasteiger charge is 2.30. The average Bonchev–Trinajstić information content (AvgIpc) is 3.04. The third-order valence-electron chi connectivity index (χ3n) is 4.28. The Morgan fingerprint density at radius 3 is 2.48 bits per heavy atom. The second-order valence-corrected chi connectivity index (χ2v) is 5.86. The maximum atomic E-state index is 13.2. The summed E-state index contributed by atoms with van der Waals surface area (Å²) in [5, 5.41) is 15.3. The zero-order chi connectivity index (χ0) is 15.8. The van der Waals surface area contributed by atoms with Crippen molar-refractivity contribution in [2.24, 2.45) is 0 Å². The number of tetrazole rings is 1. The van der Waals surface area contributed by atoms with E-state index in [1.807, 2.05) is 0 Å². The fourth-order valence-corrected chi connectivity index (χ4v) is 3.02. The molecular weight excluding hydrogens is 293 g/mol. The van der Waals surface area contributed by atoms with Crippen molar-refractivity contribution in [2.75, 3.05) is 5.32 Å². The van der Waals surface area contributed by atoms with Gasteiger partial charge in [-0.2, -0.15) is 0 Å². The third-order valence-corrected chi connectivity index (χ3v) is 4.28. The van der Waals surface area contributed by atoms with Crippen LogP contribution in [0.4, 0.5) is 10.3 Å². The molecule has 23 heavy (non-hydrogen) atoms. The lowest BCUT2D eigenvalue weighted by Gasteiger charge is -2.31. The number of aryl methyl sites for hydroxylation is 1. The van der Waals surface area contributed by atoms with Crippen LogP contribution in [0.3, 0.4) is 0 Å². The van der Waals surface area contributed by atoms with Gasteiger partial charge in [0.25, 0.3) is 0 Å². The fraction of sp³-hybridized carbons (Fsp3) is 0.235. The van der Waals surface area contributed by atoms with E-state index in [0.717, 1.165) is 12.0 Å². The van der Waals surface area contributed by atoms with Crippen LogP contribution < -0.4 is 5.32 Å². The van der Waals surface area contributed by atoms with Crippen LogP contribution >= 0.6 is 0 Å². The molecule has 0 bridgehead atoms. The first-order valence-corrected chi connectivity index (χ1v) is 7.57. The van der Waals surface area contributed by atoms with Crippen molar-refractivity contribution in [1.82, 2.24) is 20.2 Å². The lowest BCUT2D eigenvalue weighted by atomic mass is 9.93. The smallest absolute Gasteiger partial charge is 0.243 e. The summed E-state index contributed by atoms with van der Waals surface area (Å²) in [6.45, 7) is 2.07. The van der Waals surface area contributed by atoms with Gasteiger partial charge in [-0.15, -0.1) is 0 Å². The van der Waals surface area contributed by atoms with E-state index in [1.54, 1.807) is 16.8 Å². The second kappa shape index (κ2) is 5.46. The molecule has 6 heteroatoms. The van der Waals surface area contributed by atoms with Gasteiger partial charge in [-0.3, -0.25) is 0 Å². The first-order chi connectivity index (χ1) is 11.2. The highest BCUT2D eigenvalue weighted by atomic mass is 19.1. The van der Waals surface area contributed by atoms with Crippen LogP contribution in [0.25, 0.3) is 0 Å². The first-order valence-electron chi connectivity index (χ1n) is 7.57. The molecule has 2 heterocycles. The van der Waals surface area contributed by atoms with E-state index >= 15 is 0 Å².